The number of halogens is 1. The first-order chi connectivity index (χ1) is 13.8. The van der Waals surface area contributed by atoms with Crippen LogP contribution in [0.5, 0.6) is 0 Å². The van der Waals surface area contributed by atoms with Crippen LogP contribution in [0.2, 0.25) is 5.02 Å². The largest absolute Gasteiger partial charge is 0.346 e. The quantitative estimate of drug-likeness (QED) is 0.531. The highest BCUT2D eigenvalue weighted by molar-refractivity contribution is 6.31. The Bertz CT molecular complexity index is 822. The fraction of sp³-hybridized carbons (Fsp3) is 0.364. The summed E-state index contributed by atoms with van der Waals surface area (Å²) in [5.74, 6) is -0.139. The van der Waals surface area contributed by atoms with Gasteiger partial charge >= 0.3 is 6.03 Å². The molecule has 0 saturated carbocycles. The average Bonchev–Trinajstić information content (AvgIpc) is 2.67. The van der Waals surface area contributed by atoms with E-state index in [1.807, 2.05) is 64.3 Å². The molecule has 29 heavy (non-hydrogen) atoms. The van der Waals surface area contributed by atoms with Crippen molar-refractivity contribution in [3.05, 3.63) is 70.2 Å². The molecule has 7 heteroatoms. The third-order valence-corrected chi connectivity index (χ3v) is 4.88. The van der Waals surface area contributed by atoms with Crippen LogP contribution in [0.3, 0.4) is 0 Å². The molecule has 0 spiro atoms. The number of hydrogen-bond donors (Lipinski definition) is 4. The van der Waals surface area contributed by atoms with E-state index in [1.165, 1.54) is 4.90 Å². The van der Waals surface area contributed by atoms with E-state index in [2.05, 4.69) is 16.0 Å². The maximum Gasteiger partial charge on any atom is 0.315 e. The van der Waals surface area contributed by atoms with E-state index < -0.39 is 0 Å². The Morgan fingerprint density at radius 1 is 1.00 bits per heavy atom. The van der Waals surface area contributed by atoms with Gasteiger partial charge in [-0.25, -0.2) is 4.79 Å². The van der Waals surface area contributed by atoms with Crippen LogP contribution >= 0.6 is 11.6 Å². The molecule has 0 bridgehead atoms. The highest BCUT2D eigenvalue weighted by Crippen LogP contribution is 2.20. The third-order valence-electron chi connectivity index (χ3n) is 4.53. The minimum atomic E-state index is -0.210. The van der Waals surface area contributed by atoms with Gasteiger partial charge in [-0.1, -0.05) is 41.9 Å². The van der Waals surface area contributed by atoms with Gasteiger partial charge in [-0.2, -0.15) is 0 Å². The summed E-state index contributed by atoms with van der Waals surface area (Å²) in [4.78, 5) is 25.4. The van der Waals surface area contributed by atoms with Gasteiger partial charge in [-0.15, -0.1) is 0 Å². The van der Waals surface area contributed by atoms with Crippen LogP contribution in [0, 0.1) is 0 Å². The van der Waals surface area contributed by atoms with Gasteiger partial charge in [-0.05, 0) is 37.6 Å². The van der Waals surface area contributed by atoms with E-state index in [9.17, 15) is 9.59 Å². The highest BCUT2D eigenvalue weighted by Gasteiger charge is 2.21. The van der Waals surface area contributed by atoms with E-state index in [0.29, 0.717) is 23.7 Å². The van der Waals surface area contributed by atoms with Crippen LogP contribution in [0.15, 0.2) is 48.5 Å². The van der Waals surface area contributed by atoms with E-state index in [4.69, 9.17) is 11.6 Å². The fourth-order valence-electron chi connectivity index (χ4n) is 2.95. The molecule has 6 nitrogen and oxygen atoms in total. The van der Waals surface area contributed by atoms with Crippen LogP contribution in [0.4, 0.5) is 4.79 Å². The van der Waals surface area contributed by atoms with Crippen LogP contribution in [0.25, 0.3) is 0 Å². The minimum Gasteiger partial charge on any atom is -0.346 e. The first kappa shape index (κ1) is 22.7. The van der Waals surface area contributed by atoms with Gasteiger partial charge in [0.2, 0.25) is 0 Å². The summed E-state index contributed by atoms with van der Waals surface area (Å²) in [5, 5.41) is 9.26. The zero-order valence-corrected chi connectivity index (χ0v) is 18.1. The second kappa shape index (κ2) is 10.8. The molecule has 2 aromatic rings. The van der Waals surface area contributed by atoms with E-state index in [0.717, 1.165) is 11.1 Å². The molecule has 0 aliphatic carbocycles. The molecule has 3 amide bonds. The number of amides is 3. The van der Waals surface area contributed by atoms with Gasteiger partial charge in [0.15, 0.2) is 0 Å². The van der Waals surface area contributed by atoms with Crippen molar-refractivity contribution in [1.82, 2.24) is 16.0 Å². The van der Waals surface area contributed by atoms with Crippen molar-refractivity contribution in [3.63, 3.8) is 0 Å². The van der Waals surface area contributed by atoms with E-state index >= 15 is 0 Å². The molecular weight excluding hydrogens is 388 g/mol. The highest BCUT2D eigenvalue weighted by atomic mass is 35.5. The summed E-state index contributed by atoms with van der Waals surface area (Å²) >= 11 is 6.33. The molecule has 0 heterocycles. The second-order valence-electron chi connectivity index (χ2n) is 7.54. The second-order valence-corrected chi connectivity index (χ2v) is 7.95. The zero-order chi connectivity index (χ0) is 21.4. The number of rotatable bonds is 8. The zero-order valence-electron chi connectivity index (χ0n) is 17.4. The lowest BCUT2D eigenvalue weighted by Crippen LogP contribution is -3.07. The van der Waals surface area contributed by atoms with Gasteiger partial charge in [0, 0.05) is 28.7 Å². The molecule has 0 aliphatic heterocycles. The van der Waals surface area contributed by atoms with E-state index in [1.54, 1.807) is 12.1 Å². The number of quaternary nitrogens is 1. The lowest BCUT2D eigenvalue weighted by Gasteiger charge is -2.23. The molecule has 2 rings (SSSR count). The maximum absolute atomic E-state index is 12.6. The summed E-state index contributed by atoms with van der Waals surface area (Å²) < 4.78 is 0. The van der Waals surface area contributed by atoms with Gasteiger partial charge in [0.25, 0.3) is 5.91 Å². The van der Waals surface area contributed by atoms with Crippen molar-refractivity contribution in [2.45, 2.75) is 32.5 Å². The van der Waals surface area contributed by atoms with E-state index in [-0.39, 0.29) is 24.0 Å². The van der Waals surface area contributed by atoms with Crippen molar-refractivity contribution >= 4 is 23.5 Å². The molecule has 2 aromatic carbocycles. The van der Waals surface area contributed by atoms with Gasteiger partial charge in [-0.3, -0.25) is 4.79 Å². The SMILES string of the molecule is CC(C)NC(=O)NCc1ccc(C(=O)NC[C@H](c2ccccc2Cl)[NH+](C)C)cc1. The molecule has 4 N–H and O–H groups in total. The number of nitrogens with one attached hydrogen (secondary N) is 4. The lowest BCUT2D eigenvalue weighted by atomic mass is 10.1. The molecule has 0 unspecified atom stereocenters. The van der Waals surface area contributed by atoms with Gasteiger partial charge in [0.05, 0.1) is 20.6 Å². The summed E-state index contributed by atoms with van der Waals surface area (Å²) in [5.41, 5.74) is 2.51. The predicted molar refractivity (Wildman–Crippen MR) is 116 cm³/mol. The maximum atomic E-state index is 12.6. The molecule has 0 saturated heterocycles. The van der Waals surface area contributed by atoms with Crippen LogP contribution in [-0.4, -0.2) is 38.6 Å². The number of carbonyl (C=O) groups excluding carboxylic acids is 2. The summed E-state index contributed by atoms with van der Waals surface area (Å²) in [6.07, 6.45) is 0. The van der Waals surface area contributed by atoms with Gasteiger partial charge in [0.1, 0.15) is 6.04 Å². The smallest absolute Gasteiger partial charge is 0.315 e. The number of likely N-dealkylation sites (N-methyl/N-ethyl adjacent to an activating group) is 1. The Morgan fingerprint density at radius 3 is 2.24 bits per heavy atom. The number of benzene rings is 2. The minimum absolute atomic E-state index is 0.0515. The summed E-state index contributed by atoms with van der Waals surface area (Å²) in [6.45, 7) is 4.69. The van der Waals surface area contributed by atoms with Crippen LogP contribution in [-0.2, 0) is 6.54 Å². The molecule has 0 aliphatic rings. The monoisotopic (exact) mass is 417 g/mol. The normalized spacial score (nSPS) is 12.0. The predicted octanol–water partition coefficient (Wildman–Crippen LogP) is 2.16. The van der Waals surface area contributed by atoms with Crippen molar-refractivity contribution in [3.8, 4) is 0 Å². The Kier molecular flexibility index (Phi) is 8.49. The Morgan fingerprint density at radius 2 is 1.66 bits per heavy atom. The summed E-state index contributed by atoms with van der Waals surface area (Å²) in [7, 11) is 4.08. The molecule has 0 aromatic heterocycles. The fourth-order valence-corrected chi connectivity index (χ4v) is 3.22. The number of hydrogen-bond acceptors (Lipinski definition) is 2. The first-order valence-electron chi connectivity index (χ1n) is 9.74. The Labute approximate surface area is 177 Å². The number of urea groups is 1. The number of carbonyl (C=O) groups is 2. The first-order valence-corrected chi connectivity index (χ1v) is 10.1. The Balaban J connectivity index is 1.93. The molecule has 156 valence electrons. The lowest BCUT2D eigenvalue weighted by molar-refractivity contribution is -0.890. The van der Waals surface area contributed by atoms with Crippen molar-refractivity contribution in [1.29, 1.82) is 0 Å². The molecule has 0 radical (unpaired) electrons. The van der Waals surface area contributed by atoms with Crippen molar-refractivity contribution in [2.75, 3.05) is 20.6 Å². The average molecular weight is 418 g/mol. The standard InChI is InChI=1S/C22H29ClN4O2/c1-15(2)26-22(29)25-13-16-9-11-17(12-10-16)21(28)24-14-20(27(3)4)18-7-5-6-8-19(18)23/h5-12,15,20H,13-14H2,1-4H3,(H,24,28)(H2,25,26,29)/p+1/t20-/m1/s1. The van der Waals surface area contributed by atoms with Crippen LogP contribution in [0.1, 0.15) is 41.4 Å². The Hall–Kier alpha value is -2.57. The van der Waals surface area contributed by atoms with Crippen molar-refractivity contribution < 1.29 is 14.5 Å². The molecule has 0 fully saturated rings. The molecule has 1 atom stereocenters. The van der Waals surface area contributed by atoms with Crippen LogP contribution < -0.4 is 20.9 Å². The van der Waals surface area contributed by atoms with Crippen molar-refractivity contribution in [2.24, 2.45) is 0 Å². The summed E-state index contributed by atoms with van der Waals surface area (Å²) in [6, 6.07) is 14.8. The third kappa shape index (κ3) is 7.07. The topological polar surface area (TPSA) is 74.7 Å². The molecular formula is C22H30ClN4O2+. The van der Waals surface area contributed by atoms with Gasteiger partial charge < -0.3 is 20.9 Å².